The number of aliphatic carboxylic acids is 1. The lowest BCUT2D eigenvalue weighted by atomic mass is 10.0. The molecule has 0 aromatic heterocycles. The number of carbonyl (C=O) groups excluding carboxylic acids is 3. The highest BCUT2D eigenvalue weighted by atomic mass is 16.4. The largest absolute Gasteiger partial charge is 0.480 e. The lowest BCUT2D eigenvalue weighted by molar-refractivity contribution is -0.144. The first-order valence-electron chi connectivity index (χ1n) is 8.25. The van der Waals surface area contributed by atoms with E-state index in [0.717, 1.165) is 0 Å². The van der Waals surface area contributed by atoms with Gasteiger partial charge in [-0.2, -0.15) is 0 Å². The number of aliphatic hydroxyl groups is 3. The monoisotopic (exact) mass is 392 g/mol. The summed E-state index contributed by atoms with van der Waals surface area (Å²) >= 11 is 0. The first kappa shape index (κ1) is 24.7. The molecule has 9 N–H and O–H groups in total. The van der Waals surface area contributed by atoms with E-state index in [4.69, 9.17) is 15.9 Å². The Morgan fingerprint density at radius 2 is 1.37 bits per heavy atom. The quantitative estimate of drug-likeness (QED) is 0.171. The van der Waals surface area contributed by atoms with Crippen molar-refractivity contribution in [1.82, 2.24) is 16.0 Å². The standard InChI is InChI=1S/C15H28N4O8/c1-6(2)10(15(26)27)18-13(24)9(5-21)17-14(25)11(7(3)22)19-12(23)8(16)4-20/h6-11,20-22H,4-5,16H2,1-3H3,(H,17,25)(H,18,24)(H,19,23)(H,26,27)/t7-,8+,9+,10+,11+/m1/s1. The minimum atomic E-state index is -1.52. The minimum Gasteiger partial charge on any atom is -0.480 e. The normalized spacial score (nSPS) is 16.6. The highest BCUT2D eigenvalue weighted by Gasteiger charge is 2.32. The second kappa shape index (κ2) is 11.4. The molecule has 0 bridgehead atoms. The highest BCUT2D eigenvalue weighted by molar-refractivity contribution is 5.94. The number of aliphatic hydroxyl groups excluding tert-OH is 3. The van der Waals surface area contributed by atoms with E-state index < -0.39 is 73.1 Å². The molecule has 0 aromatic rings. The van der Waals surface area contributed by atoms with Gasteiger partial charge in [0.1, 0.15) is 24.2 Å². The summed E-state index contributed by atoms with van der Waals surface area (Å²) in [6, 6.07) is -5.59. The molecular formula is C15H28N4O8. The van der Waals surface area contributed by atoms with E-state index >= 15 is 0 Å². The zero-order valence-electron chi connectivity index (χ0n) is 15.4. The average molecular weight is 392 g/mol. The Morgan fingerprint density at radius 3 is 1.74 bits per heavy atom. The van der Waals surface area contributed by atoms with E-state index in [1.807, 2.05) is 0 Å². The average Bonchev–Trinajstić information content (AvgIpc) is 2.59. The van der Waals surface area contributed by atoms with Crippen LogP contribution in [0.4, 0.5) is 0 Å². The van der Waals surface area contributed by atoms with Crippen molar-refractivity contribution in [2.75, 3.05) is 13.2 Å². The lowest BCUT2D eigenvalue weighted by Gasteiger charge is -2.26. The molecule has 0 spiro atoms. The van der Waals surface area contributed by atoms with Crippen LogP contribution < -0.4 is 21.7 Å². The molecule has 0 aliphatic heterocycles. The third-order valence-electron chi connectivity index (χ3n) is 3.64. The van der Waals surface area contributed by atoms with E-state index in [1.165, 1.54) is 6.92 Å². The van der Waals surface area contributed by atoms with Crippen molar-refractivity contribution >= 4 is 23.7 Å². The second-order valence-corrected chi connectivity index (χ2v) is 6.33. The molecule has 0 heterocycles. The van der Waals surface area contributed by atoms with Gasteiger partial charge in [0.2, 0.25) is 17.7 Å². The SMILES string of the molecule is CC(C)[C@H](NC(=O)[C@H](CO)NC(=O)[C@@H](NC(=O)[C@@H](N)CO)[C@@H](C)O)C(=O)O. The molecule has 0 unspecified atom stereocenters. The third-order valence-corrected chi connectivity index (χ3v) is 3.64. The van der Waals surface area contributed by atoms with Crippen molar-refractivity contribution in [3.05, 3.63) is 0 Å². The number of carbonyl (C=O) groups is 4. The molecule has 0 saturated carbocycles. The Hall–Kier alpha value is -2.28. The Balaban J connectivity index is 5.13. The van der Waals surface area contributed by atoms with E-state index in [1.54, 1.807) is 13.8 Å². The Bertz CT molecular complexity index is 540. The van der Waals surface area contributed by atoms with Crippen LogP contribution in [-0.4, -0.2) is 87.6 Å². The number of nitrogens with one attached hydrogen (secondary N) is 3. The van der Waals surface area contributed by atoms with Gasteiger partial charge in [-0.15, -0.1) is 0 Å². The van der Waals surface area contributed by atoms with Gasteiger partial charge in [-0.3, -0.25) is 14.4 Å². The van der Waals surface area contributed by atoms with E-state index in [-0.39, 0.29) is 0 Å². The summed E-state index contributed by atoms with van der Waals surface area (Å²) in [6.45, 7) is 2.79. The van der Waals surface area contributed by atoms with Crippen molar-refractivity contribution in [3.8, 4) is 0 Å². The molecule has 12 heteroatoms. The van der Waals surface area contributed by atoms with Gasteiger partial charge in [0, 0.05) is 0 Å². The van der Waals surface area contributed by atoms with Crippen LogP contribution in [0.3, 0.4) is 0 Å². The zero-order chi connectivity index (χ0) is 21.3. The fourth-order valence-corrected chi connectivity index (χ4v) is 1.97. The molecule has 5 atom stereocenters. The molecule has 12 nitrogen and oxygen atoms in total. The van der Waals surface area contributed by atoms with E-state index in [2.05, 4.69) is 16.0 Å². The van der Waals surface area contributed by atoms with Gasteiger partial charge in [0.05, 0.1) is 19.3 Å². The first-order chi connectivity index (χ1) is 12.5. The van der Waals surface area contributed by atoms with E-state index in [9.17, 15) is 29.4 Å². The van der Waals surface area contributed by atoms with Crippen molar-refractivity contribution in [2.24, 2.45) is 11.7 Å². The number of carboxylic acid groups (broad SMARTS) is 1. The lowest BCUT2D eigenvalue weighted by Crippen LogP contribution is -2.61. The summed E-state index contributed by atoms with van der Waals surface area (Å²) in [5.41, 5.74) is 5.32. The summed E-state index contributed by atoms with van der Waals surface area (Å²) < 4.78 is 0. The minimum absolute atomic E-state index is 0.453. The fraction of sp³-hybridized carbons (Fsp3) is 0.733. The fourth-order valence-electron chi connectivity index (χ4n) is 1.97. The predicted molar refractivity (Wildman–Crippen MR) is 92.1 cm³/mol. The smallest absolute Gasteiger partial charge is 0.326 e. The highest BCUT2D eigenvalue weighted by Crippen LogP contribution is 2.03. The summed E-state index contributed by atoms with van der Waals surface area (Å²) in [5.74, 6) is -4.60. The molecule has 0 radical (unpaired) electrons. The van der Waals surface area contributed by atoms with Gasteiger partial charge in [0.15, 0.2) is 0 Å². The molecule has 0 saturated heterocycles. The molecule has 3 amide bonds. The maximum atomic E-state index is 12.3. The predicted octanol–water partition coefficient (Wildman–Crippen LogP) is -4.13. The van der Waals surface area contributed by atoms with Crippen molar-refractivity contribution in [1.29, 1.82) is 0 Å². The van der Waals surface area contributed by atoms with Gasteiger partial charge in [-0.1, -0.05) is 13.8 Å². The number of carboxylic acids is 1. The number of hydrogen-bond acceptors (Lipinski definition) is 8. The van der Waals surface area contributed by atoms with Gasteiger partial charge in [-0.25, -0.2) is 4.79 Å². The summed E-state index contributed by atoms with van der Waals surface area (Å²) in [5, 5.41) is 43.4. The number of rotatable bonds is 11. The molecule has 0 aromatic carbocycles. The van der Waals surface area contributed by atoms with Gasteiger partial charge in [-0.05, 0) is 12.8 Å². The van der Waals surface area contributed by atoms with Crippen molar-refractivity contribution in [3.63, 3.8) is 0 Å². The van der Waals surface area contributed by atoms with Crippen LogP contribution in [0.15, 0.2) is 0 Å². The van der Waals surface area contributed by atoms with E-state index in [0.29, 0.717) is 0 Å². The van der Waals surface area contributed by atoms with Crippen molar-refractivity contribution < 1.29 is 39.6 Å². The van der Waals surface area contributed by atoms with Crippen LogP contribution >= 0.6 is 0 Å². The van der Waals surface area contributed by atoms with Crippen LogP contribution in [0.2, 0.25) is 0 Å². The third kappa shape index (κ3) is 7.86. The van der Waals surface area contributed by atoms with Gasteiger partial charge < -0.3 is 42.1 Å². The Kier molecular flexibility index (Phi) is 10.5. The maximum absolute atomic E-state index is 12.3. The Labute approximate surface area is 156 Å². The van der Waals surface area contributed by atoms with Gasteiger partial charge in [0.25, 0.3) is 0 Å². The van der Waals surface area contributed by atoms with Crippen LogP contribution in [-0.2, 0) is 19.2 Å². The summed E-state index contributed by atoms with van der Waals surface area (Å²) in [6.07, 6.45) is -1.38. The van der Waals surface area contributed by atoms with Crippen LogP contribution in [0.5, 0.6) is 0 Å². The van der Waals surface area contributed by atoms with Crippen LogP contribution in [0, 0.1) is 5.92 Å². The molecule has 0 fully saturated rings. The van der Waals surface area contributed by atoms with Crippen LogP contribution in [0.1, 0.15) is 20.8 Å². The molecule has 0 aliphatic carbocycles. The molecule has 27 heavy (non-hydrogen) atoms. The second-order valence-electron chi connectivity index (χ2n) is 6.33. The molecule has 0 rings (SSSR count). The van der Waals surface area contributed by atoms with Crippen LogP contribution in [0.25, 0.3) is 0 Å². The molecule has 156 valence electrons. The van der Waals surface area contributed by atoms with Crippen molar-refractivity contribution in [2.45, 2.75) is 51.0 Å². The number of hydrogen-bond donors (Lipinski definition) is 8. The first-order valence-corrected chi connectivity index (χ1v) is 8.25. The summed E-state index contributed by atoms with van der Waals surface area (Å²) in [7, 11) is 0. The zero-order valence-corrected chi connectivity index (χ0v) is 15.4. The maximum Gasteiger partial charge on any atom is 0.326 e. The number of nitrogens with two attached hydrogens (primary N) is 1. The van der Waals surface area contributed by atoms with Gasteiger partial charge >= 0.3 is 5.97 Å². The summed E-state index contributed by atoms with van der Waals surface area (Å²) in [4.78, 5) is 47.2. The molecular weight excluding hydrogens is 364 g/mol. The Morgan fingerprint density at radius 1 is 0.852 bits per heavy atom. The number of amides is 3. The molecule has 0 aliphatic rings. The topological polar surface area (TPSA) is 211 Å².